The summed E-state index contributed by atoms with van der Waals surface area (Å²) in [4.78, 5) is 15.9. The minimum absolute atomic E-state index is 0.110. The lowest BCUT2D eigenvalue weighted by atomic mass is 10.3. The van der Waals surface area contributed by atoms with Gasteiger partial charge in [0, 0.05) is 6.42 Å². The summed E-state index contributed by atoms with van der Waals surface area (Å²) in [5, 5.41) is 9.74. The Kier molecular flexibility index (Phi) is 3.98. The van der Waals surface area contributed by atoms with Crippen LogP contribution in [0.25, 0.3) is 0 Å². The molecule has 1 amide bonds. The van der Waals surface area contributed by atoms with Crippen molar-refractivity contribution in [2.24, 2.45) is 0 Å². The van der Waals surface area contributed by atoms with Crippen molar-refractivity contribution in [1.29, 1.82) is 0 Å². The molecule has 1 aromatic carbocycles. The number of hydrogen-bond donors (Lipinski definition) is 2. The normalized spacial score (nSPS) is 10.4. The van der Waals surface area contributed by atoms with E-state index < -0.39 is 0 Å². The van der Waals surface area contributed by atoms with Gasteiger partial charge in [-0.25, -0.2) is 4.98 Å². The summed E-state index contributed by atoms with van der Waals surface area (Å²) in [6.07, 6.45) is 0.696. The third-order valence-electron chi connectivity index (χ3n) is 2.27. The lowest BCUT2D eigenvalue weighted by molar-refractivity contribution is 0.101. The number of nitrogens with one attached hydrogen (secondary N) is 2. The average Bonchev–Trinajstić information content (AvgIpc) is 2.83. The van der Waals surface area contributed by atoms with Gasteiger partial charge in [0.05, 0.1) is 15.2 Å². The zero-order valence-corrected chi connectivity index (χ0v) is 11.8. The van der Waals surface area contributed by atoms with Gasteiger partial charge in [0.2, 0.25) is 5.82 Å². The van der Waals surface area contributed by atoms with E-state index in [-0.39, 0.29) is 11.7 Å². The van der Waals surface area contributed by atoms with Gasteiger partial charge in [-0.3, -0.25) is 9.89 Å². The molecule has 0 unspecified atom stereocenters. The van der Waals surface area contributed by atoms with Crippen LogP contribution in [0.3, 0.4) is 0 Å². The molecule has 0 bridgehead atoms. The molecule has 0 atom stereocenters. The number of carbonyl (C=O) groups excluding carboxylic acids is 1. The predicted molar refractivity (Wildman–Crippen MR) is 72.9 cm³/mol. The van der Waals surface area contributed by atoms with Gasteiger partial charge >= 0.3 is 0 Å². The molecule has 0 aliphatic rings. The highest BCUT2D eigenvalue weighted by atomic mass is 79.9. The summed E-state index contributed by atoms with van der Waals surface area (Å²) < 4.78 is 0.631. The standard InChI is InChI=1S/C11H10BrClN4O/c1-2-8-15-10(17-16-8)11(18)14-7-5-3-4-6(13)9(7)12/h3-5H,2H2,1H3,(H,14,18)(H,15,16,17). The molecule has 1 aromatic heterocycles. The number of halogens is 2. The van der Waals surface area contributed by atoms with Gasteiger partial charge in [-0.1, -0.05) is 24.6 Å². The highest BCUT2D eigenvalue weighted by molar-refractivity contribution is 9.10. The van der Waals surface area contributed by atoms with Crippen molar-refractivity contribution in [3.8, 4) is 0 Å². The molecule has 0 aliphatic heterocycles. The molecule has 7 heteroatoms. The number of nitrogens with zero attached hydrogens (tertiary/aromatic N) is 2. The highest BCUT2D eigenvalue weighted by Gasteiger charge is 2.14. The van der Waals surface area contributed by atoms with Crippen LogP contribution in [0, 0.1) is 0 Å². The average molecular weight is 330 g/mol. The third kappa shape index (κ3) is 2.70. The van der Waals surface area contributed by atoms with Crippen molar-refractivity contribution in [3.63, 3.8) is 0 Å². The van der Waals surface area contributed by atoms with Crippen molar-refractivity contribution in [2.45, 2.75) is 13.3 Å². The molecule has 2 N–H and O–H groups in total. The number of H-pyrrole nitrogens is 1. The van der Waals surface area contributed by atoms with Crippen LogP contribution in [-0.2, 0) is 6.42 Å². The Bertz CT molecular complexity index is 584. The Morgan fingerprint density at radius 2 is 2.33 bits per heavy atom. The molecule has 94 valence electrons. The summed E-state index contributed by atoms with van der Waals surface area (Å²) in [5.41, 5.74) is 0.579. The molecular formula is C11H10BrClN4O. The van der Waals surface area contributed by atoms with Crippen LogP contribution >= 0.6 is 27.5 Å². The number of benzene rings is 1. The monoisotopic (exact) mass is 328 g/mol. The van der Waals surface area contributed by atoms with E-state index in [0.717, 1.165) is 0 Å². The van der Waals surface area contributed by atoms with Crippen molar-refractivity contribution in [2.75, 3.05) is 5.32 Å². The molecule has 0 fully saturated rings. The Balaban J connectivity index is 2.18. The second-order valence-corrected chi connectivity index (χ2v) is 4.71. The van der Waals surface area contributed by atoms with E-state index in [1.54, 1.807) is 18.2 Å². The third-order valence-corrected chi connectivity index (χ3v) is 3.67. The lowest BCUT2D eigenvalue weighted by Gasteiger charge is -2.06. The summed E-state index contributed by atoms with van der Waals surface area (Å²) in [5.74, 6) is 0.401. The highest BCUT2D eigenvalue weighted by Crippen LogP contribution is 2.30. The van der Waals surface area contributed by atoms with Crippen molar-refractivity contribution in [3.05, 3.63) is 39.3 Å². The summed E-state index contributed by atoms with van der Waals surface area (Å²) in [6, 6.07) is 5.21. The summed E-state index contributed by atoms with van der Waals surface area (Å²) in [7, 11) is 0. The molecule has 0 aliphatic carbocycles. The molecule has 0 spiro atoms. The van der Waals surface area contributed by atoms with Gasteiger partial charge in [0.1, 0.15) is 5.82 Å². The Morgan fingerprint density at radius 3 is 3.00 bits per heavy atom. The number of anilines is 1. The number of hydrogen-bond acceptors (Lipinski definition) is 3. The summed E-state index contributed by atoms with van der Waals surface area (Å²) >= 11 is 9.24. The van der Waals surface area contributed by atoms with Gasteiger partial charge in [-0.15, -0.1) is 5.10 Å². The maximum absolute atomic E-state index is 11.9. The van der Waals surface area contributed by atoms with E-state index >= 15 is 0 Å². The maximum atomic E-state index is 11.9. The van der Waals surface area contributed by atoms with E-state index in [2.05, 4.69) is 36.4 Å². The first-order valence-corrected chi connectivity index (χ1v) is 6.45. The van der Waals surface area contributed by atoms with Gasteiger partial charge in [0.25, 0.3) is 5.91 Å². The Morgan fingerprint density at radius 1 is 1.56 bits per heavy atom. The second-order valence-electron chi connectivity index (χ2n) is 3.51. The zero-order chi connectivity index (χ0) is 13.1. The van der Waals surface area contributed by atoms with Crippen molar-refractivity contribution in [1.82, 2.24) is 15.2 Å². The first-order valence-electron chi connectivity index (χ1n) is 5.28. The quantitative estimate of drug-likeness (QED) is 0.909. The molecule has 18 heavy (non-hydrogen) atoms. The van der Waals surface area contributed by atoms with Crippen LogP contribution in [0.1, 0.15) is 23.4 Å². The van der Waals surface area contributed by atoms with Crippen LogP contribution in [0.4, 0.5) is 5.69 Å². The predicted octanol–water partition coefficient (Wildman–Crippen LogP) is 3.04. The largest absolute Gasteiger partial charge is 0.318 e. The van der Waals surface area contributed by atoms with Crippen molar-refractivity contribution < 1.29 is 4.79 Å². The zero-order valence-electron chi connectivity index (χ0n) is 9.50. The summed E-state index contributed by atoms with van der Waals surface area (Å²) in [6.45, 7) is 1.93. The molecule has 0 saturated carbocycles. The number of carbonyl (C=O) groups is 1. The first-order chi connectivity index (χ1) is 8.61. The molecule has 0 saturated heterocycles. The Labute approximate surface area is 117 Å². The van der Waals surface area contributed by atoms with Crippen molar-refractivity contribution >= 4 is 39.1 Å². The molecule has 1 heterocycles. The van der Waals surface area contributed by atoms with Gasteiger partial charge in [-0.2, -0.15) is 0 Å². The van der Waals surface area contributed by atoms with Crippen LogP contribution in [0.15, 0.2) is 22.7 Å². The van der Waals surface area contributed by atoms with Gasteiger partial charge < -0.3 is 5.32 Å². The Hall–Kier alpha value is -1.40. The lowest BCUT2D eigenvalue weighted by Crippen LogP contribution is -2.14. The number of aromatic nitrogens is 3. The van der Waals surface area contributed by atoms with Gasteiger partial charge in [-0.05, 0) is 28.1 Å². The van der Waals surface area contributed by atoms with E-state index in [1.165, 1.54) is 0 Å². The number of aryl methyl sites for hydroxylation is 1. The minimum atomic E-state index is -0.381. The van der Waals surface area contributed by atoms with Gasteiger partial charge in [0.15, 0.2) is 0 Å². The molecule has 2 rings (SSSR count). The van der Waals surface area contributed by atoms with Crippen LogP contribution in [0.2, 0.25) is 5.02 Å². The van der Waals surface area contributed by atoms with Crippen LogP contribution in [-0.4, -0.2) is 21.1 Å². The number of rotatable bonds is 3. The molecular weight excluding hydrogens is 320 g/mol. The smallest absolute Gasteiger partial charge is 0.295 e. The topological polar surface area (TPSA) is 70.7 Å². The number of aromatic amines is 1. The molecule has 0 radical (unpaired) electrons. The fourth-order valence-corrected chi connectivity index (χ4v) is 1.87. The fourth-order valence-electron chi connectivity index (χ4n) is 1.33. The molecule has 5 nitrogen and oxygen atoms in total. The fraction of sp³-hybridized carbons (Fsp3) is 0.182. The van der Waals surface area contributed by atoms with E-state index in [0.29, 0.717) is 27.4 Å². The maximum Gasteiger partial charge on any atom is 0.295 e. The van der Waals surface area contributed by atoms with E-state index in [4.69, 9.17) is 11.6 Å². The van der Waals surface area contributed by atoms with Crippen LogP contribution in [0.5, 0.6) is 0 Å². The first kappa shape index (κ1) is 13.0. The number of amides is 1. The van der Waals surface area contributed by atoms with E-state index in [1.807, 2.05) is 6.92 Å². The molecule has 2 aromatic rings. The van der Waals surface area contributed by atoms with E-state index in [9.17, 15) is 4.79 Å². The SMILES string of the molecule is CCc1nc(C(=O)Nc2cccc(Cl)c2Br)n[nH]1. The second kappa shape index (κ2) is 5.49. The minimum Gasteiger partial charge on any atom is -0.318 e. The van der Waals surface area contributed by atoms with Crippen LogP contribution < -0.4 is 5.32 Å².